The highest BCUT2D eigenvalue weighted by atomic mass is 79.9. The van der Waals surface area contributed by atoms with E-state index in [1.54, 1.807) is 10.8 Å². The first-order chi connectivity index (χ1) is 8.56. The maximum Gasteiger partial charge on any atom is 0.333 e. The zero-order chi connectivity index (χ0) is 13.5. The number of aliphatic hydroxyl groups is 1. The summed E-state index contributed by atoms with van der Waals surface area (Å²) in [5, 5.41) is 19.3. The highest BCUT2D eigenvalue weighted by Gasteiger charge is 2.15. The summed E-state index contributed by atoms with van der Waals surface area (Å²) in [6.07, 6.45) is 6.32. The number of rotatable bonds is 7. The van der Waals surface area contributed by atoms with Crippen molar-refractivity contribution >= 4 is 21.6 Å². The molecule has 0 amide bonds. The predicted molar refractivity (Wildman–Crippen MR) is 70.6 cm³/mol. The molecule has 1 heterocycles. The van der Waals surface area contributed by atoms with E-state index in [0.29, 0.717) is 6.54 Å². The second kappa shape index (κ2) is 7.27. The van der Waals surface area contributed by atoms with Crippen LogP contribution in [0.15, 0.2) is 21.7 Å². The van der Waals surface area contributed by atoms with Gasteiger partial charge in [-0.15, -0.1) is 0 Å². The second-order valence-corrected chi connectivity index (χ2v) is 4.81. The Morgan fingerprint density at radius 1 is 1.28 bits per heavy atom. The van der Waals surface area contributed by atoms with Crippen LogP contribution in [0.3, 0.4) is 0 Å². The van der Waals surface area contributed by atoms with Gasteiger partial charge in [-0.3, -0.25) is 14.9 Å². The van der Waals surface area contributed by atoms with Crippen molar-refractivity contribution in [2.45, 2.75) is 32.2 Å². The van der Waals surface area contributed by atoms with Crippen LogP contribution in [0.25, 0.3) is 0 Å². The molecule has 1 aromatic heterocycles. The lowest BCUT2D eigenvalue weighted by Crippen LogP contribution is -2.13. The van der Waals surface area contributed by atoms with Crippen LogP contribution in [0, 0.1) is 10.1 Å². The Morgan fingerprint density at radius 3 is 2.56 bits per heavy atom. The molecular formula is C11H15BrN2O4. The molecule has 1 rings (SSSR count). The summed E-state index contributed by atoms with van der Waals surface area (Å²) in [6.45, 7) is 0.806. The molecule has 0 spiro atoms. The molecule has 100 valence electrons. The lowest BCUT2D eigenvalue weighted by Gasteiger charge is -2.06. The van der Waals surface area contributed by atoms with Gasteiger partial charge in [0.25, 0.3) is 5.43 Å². The van der Waals surface area contributed by atoms with Crippen LogP contribution in [-0.4, -0.2) is 21.2 Å². The number of nitrogens with zero attached hydrogens (tertiary/aromatic N) is 2. The maximum absolute atomic E-state index is 11.4. The Balaban J connectivity index is 2.67. The van der Waals surface area contributed by atoms with Gasteiger partial charge in [0.15, 0.2) is 0 Å². The number of aryl methyl sites for hydroxylation is 1. The monoisotopic (exact) mass is 318 g/mol. The van der Waals surface area contributed by atoms with Crippen molar-refractivity contribution in [3.05, 3.63) is 37.2 Å². The van der Waals surface area contributed by atoms with Crippen molar-refractivity contribution in [1.29, 1.82) is 0 Å². The van der Waals surface area contributed by atoms with Gasteiger partial charge in [0, 0.05) is 19.3 Å². The quantitative estimate of drug-likeness (QED) is 0.474. The molecule has 1 aromatic rings. The second-order valence-electron chi connectivity index (χ2n) is 3.95. The van der Waals surface area contributed by atoms with E-state index in [1.165, 1.54) is 6.20 Å². The number of aromatic nitrogens is 1. The van der Waals surface area contributed by atoms with Gasteiger partial charge in [0.2, 0.25) is 0 Å². The summed E-state index contributed by atoms with van der Waals surface area (Å²) >= 11 is 3.03. The van der Waals surface area contributed by atoms with Crippen LogP contribution in [0.4, 0.5) is 5.69 Å². The van der Waals surface area contributed by atoms with Crippen molar-refractivity contribution in [2.24, 2.45) is 0 Å². The largest absolute Gasteiger partial charge is 0.396 e. The summed E-state index contributed by atoms with van der Waals surface area (Å²) in [5.74, 6) is 0. The van der Waals surface area contributed by atoms with Gasteiger partial charge in [0.05, 0.1) is 15.6 Å². The Hall–Kier alpha value is -1.21. The molecule has 0 aliphatic carbocycles. The van der Waals surface area contributed by atoms with Gasteiger partial charge >= 0.3 is 5.69 Å². The average Bonchev–Trinajstić information content (AvgIpc) is 2.32. The molecule has 0 atom stereocenters. The molecule has 0 bridgehead atoms. The van der Waals surface area contributed by atoms with Crippen molar-refractivity contribution in [1.82, 2.24) is 4.57 Å². The SMILES string of the molecule is O=c1c(Br)cn(CCCCCCO)cc1[N+](=O)[O-]. The van der Waals surface area contributed by atoms with Crippen LogP contribution < -0.4 is 5.43 Å². The molecule has 18 heavy (non-hydrogen) atoms. The summed E-state index contributed by atoms with van der Waals surface area (Å²) in [4.78, 5) is 21.5. The predicted octanol–water partition coefficient (Wildman–Crippen LogP) is 2.07. The lowest BCUT2D eigenvalue weighted by molar-refractivity contribution is -0.386. The fourth-order valence-electron chi connectivity index (χ4n) is 1.60. The Labute approximate surface area is 113 Å². The lowest BCUT2D eigenvalue weighted by atomic mass is 10.2. The third kappa shape index (κ3) is 4.23. The highest BCUT2D eigenvalue weighted by Crippen LogP contribution is 2.12. The molecular weight excluding hydrogens is 304 g/mol. The topological polar surface area (TPSA) is 85.4 Å². The van der Waals surface area contributed by atoms with E-state index in [4.69, 9.17) is 5.11 Å². The van der Waals surface area contributed by atoms with Crippen LogP contribution in [-0.2, 0) is 6.54 Å². The first-order valence-corrected chi connectivity index (χ1v) is 6.50. The molecule has 0 fully saturated rings. The molecule has 7 heteroatoms. The van der Waals surface area contributed by atoms with E-state index in [2.05, 4.69) is 15.9 Å². The highest BCUT2D eigenvalue weighted by molar-refractivity contribution is 9.10. The zero-order valence-corrected chi connectivity index (χ0v) is 11.4. The number of halogens is 1. The molecule has 6 nitrogen and oxygen atoms in total. The molecule has 0 aromatic carbocycles. The van der Waals surface area contributed by atoms with Crippen molar-refractivity contribution in [3.8, 4) is 0 Å². The molecule has 0 saturated heterocycles. The van der Waals surface area contributed by atoms with Gasteiger partial charge in [-0.2, -0.15) is 0 Å². The molecule has 0 saturated carbocycles. The Kier molecular flexibility index (Phi) is 6.00. The number of pyridine rings is 1. The first kappa shape index (κ1) is 14.8. The number of nitro groups is 1. The summed E-state index contributed by atoms with van der Waals surface area (Å²) in [6, 6.07) is 0. The molecule has 0 radical (unpaired) electrons. The van der Waals surface area contributed by atoms with E-state index < -0.39 is 16.0 Å². The summed E-state index contributed by atoms with van der Waals surface area (Å²) in [5.41, 5.74) is -1.02. The fraction of sp³-hybridized carbons (Fsp3) is 0.545. The Bertz CT molecular complexity index is 473. The zero-order valence-electron chi connectivity index (χ0n) is 9.84. The number of hydrogen-bond acceptors (Lipinski definition) is 4. The third-order valence-corrected chi connectivity index (χ3v) is 3.10. The minimum Gasteiger partial charge on any atom is -0.396 e. The van der Waals surface area contributed by atoms with Gasteiger partial charge in [-0.1, -0.05) is 12.8 Å². The summed E-state index contributed by atoms with van der Waals surface area (Å²) < 4.78 is 1.84. The van der Waals surface area contributed by atoms with Gasteiger partial charge < -0.3 is 9.67 Å². The van der Waals surface area contributed by atoms with E-state index in [0.717, 1.165) is 25.7 Å². The molecule has 0 aliphatic rings. The minimum absolute atomic E-state index is 0.190. The fourth-order valence-corrected chi connectivity index (χ4v) is 2.06. The van der Waals surface area contributed by atoms with Gasteiger partial charge in [0.1, 0.15) is 0 Å². The van der Waals surface area contributed by atoms with E-state index >= 15 is 0 Å². The van der Waals surface area contributed by atoms with Crippen LogP contribution in [0.2, 0.25) is 0 Å². The standard InChI is InChI=1S/C11H15BrN2O4/c12-9-7-13(5-3-1-2-4-6-15)8-10(11(9)16)14(17)18/h7-8,15H,1-6H2. The summed E-state index contributed by atoms with van der Waals surface area (Å²) in [7, 11) is 0. The first-order valence-electron chi connectivity index (χ1n) is 5.71. The number of unbranched alkanes of at least 4 members (excludes halogenated alkanes) is 3. The molecule has 0 aliphatic heterocycles. The molecule has 0 unspecified atom stereocenters. The van der Waals surface area contributed by atoms with Crippen molar-refractivity contribution in [2.75, 3.05) is 6.61 Å². The normalized spacial score (nSPS) is 10.6. The maximum atomic E-state index is 11.4. The molecule has 1 N–H and O–H groups in total. The van der Waals surface area contributed by atoms with Crippen LogP contribution >= 0.6 is 15.9 Å². The Morgan fingerprint density at radius 2 is 1.94 bits per heavy atom. The smallest absolute Gasteiger partial charge is 0.333 e. The number of hydrogen-bond donors (Lipinski definition) is 1. The van der Waals surface area contributed by atoms with Gasteiger partial charge in [-0.25, -0.2) is 0 Å². The van der Waals surface area contributed by atoms with Crippen molar-refractivity contribution < 1.29 is 10.0 Å². The van der Waals surface area contributed by atoms with E-state index in [-0.39, 0.29) is 11.1 Å². The van der Waals surface area contributed by atoms with Gasteiger partial charge in [-0.05, 0) is 28.8 Å². The third-order valence-electron chi connectivity index (χ3n) is 2.54. The van der Waals surface area contributed by atoms with E-state index in [9.17, 15) is 14.9 Å². The average molecular weight is 319 g/mol. The van der Waals surface area contributed by atoms with Crippen molar-refractivity contribution in [3.63, 3.8) is 0 Å². The van der Waals surface area contributed by atoms with E-state index in [1.807, 2.05) is 0 Å². The van der Waals surface area contributed by atoms with Crippen LogP contribution in [0.5, 0.6) is 0 Å². The van der Waals surface area contributed by atoms with Crippen LogP contribution in [0.1, 0.15) is 25.7 Å². The minimum atomic E-state index is -0.671. The number of aliphatic hydroxyl groups excluding tert-OH is 1.